The third-order valence-electron chi connectivity index (χ3n) is 5.52. The van der Waals surface area contributed by atoms with Gasteiger partial charge >= 0.3 is 0 Å². The van der Waals surface area contributed by atoms with Gasteiger partial charge in [0.25, 0.3) is 5.91 Å². The molecule has 0 aliphatic heterocycles. The number of halogens is 2. The van der Waals surface area contributed by atoms with Crippen LogP contribution in [0.2, 0.25) is 0 Å². The van der Waals surface area contributed by atoms with Gasteiger partial charge in [0.05, 0.1) is 0 Å². The molecule has 9 heteroatoms. The van der Waals surface area contributed by atoms with Crippen LogP contribution in [0.25, 0.3) is 22.2 Å². The van der Waals surface area contributed by atoms with Crippen molar-refractivity contribution in [2.45, 2.75) is 13.8 Å². The van der Waals surface area contributed by atoms with Gasteiger partial charge in [-0.1, -0.05) is 48.0 Å². The van der Waals surface area contributed by atoms with Crippen LogP contribution in [0.3, 0.4) is 0 Å². The number of nitrogens with zero attached hydrogens (tertiary/aromatic N) is 4. The lowest BCUT2D eigenvalue weighted by atomic mass is 9.92. The summed E-state index contributed by atoms with van der Waals surface area (Å²) in [6, 6.07) is 15.5. The van der Waals surface area contributed by atoms with Crippen molar-refractivity contribution in [3.05, 3.63) is 76.8 Å². The molecule has 2 aromatic heterocycles. The van der Waals surface area contributed by atoms with E-state index in [1.54, 1.807) is 18.3 Å². The van der Waals surface area contributed by atoms with Crippen LogP contribution in [-0.4, -0.2) is 52.9 Å². The Morgan fingerprint density at radius 2 is 1.78 bits per heavy atom. The van der Waals surface area contributed by atoms with E-state index in [1.807, 2.05) is 44.4 Å². The van der Waals surface area contributed by atoms with Crippen molar-refractivity contribution in [2.75, 3.05) is 32.5 Å². The van der Waals surface area contributed by atoms with Crippen molar-refractivity contribution >= 4 is 44.5 Å². The van der Waals surface area contributed by atoms with E-state index in [2.05, 4.69) is 60.3 Å². The Morgan fingerprint density at radius 3 is 2.47 bits per heavy atom. The molecule has 0 fully saturated rings. The van der Waals surface area contributed by atoms with Crippen LogP contribution in [0.5, 0.6) is 0 Å². The molecule has 186 valence electrons. The summed E-state index contributed by atoms with van der Waals surface area (Å²) in [6.07, 6.45) is 1.66. The summed E-state index contributed by atoms with van der Waals surface area (Å²) in [6.45, 7) is 5.52. The Balaban J connectivity index is 1.72. The number of carbonyl (C=O) groups is 1. The molecule has 0 aliphatic carbocycles. The molecular weight excluding hydrogens is 523 g/mol. The summed E-state index contributed by atoms with van der Waals surface area (Å²) in [5.74, 6) is -0.305. The van der Waals surface area contributed by atoms with Gasteiger partial charge in [-0.25, -0.2) is 14.4 Å². The van der Waals surface area contributed by atoms with E-state index >= 15 is 0 Å². The average Bonchev–Trinajstić information content (AvgIpc) is 2.83. The van der Waals surface area contributed by atoms with Gasteiger partial charge in [0.15, 0.2) is 5.65 Å². The van der Waals surface area contributed by atoms with E-state index in [0.717, 1.165) is 16.6 Å². The topological polar surface area (TPSA) is 83.0 Å². The third kappa shape index (κ3) is 6.22. The second-order valence-corrected chi connectivity index (χ2v) is 10.5. The van der Waals surface area contributed by atoms with Gasteiger partial charge in [-0.05, 0) is 61.5 Å². The Kier molecular flexibility index (Phi) is 7.61. The lowest BCUT2D eigenvalue weighted by Gasteiger charge is -2.28. The predicted octanol–water partition coefficient (Wildman–Crippen LogP) is 5.65. The summed E-state index contributed by atoms with van der Waals surface area (Å²) in [7, 11) is 4.02. The molecule has 0 saturated carbocycles. The van der Waals surface area contributed by atoms with E-state index in [0.29, 0.717) is 34.8 Å². The van der Waals surface area contributed by atoms with Gasteiger partial charge in [-0.15, -0.1) is 0 Å². The molecule has 36 heavy (non-hydrogen) atoms. The summed E-state index contributed by atoms with van der Waals surface area (Å²) < 4.78 is 14.1. The molecular formula is C27H28BrFN6O. The fourth-order valence-electron chi connectivity index (χ4n) is 4.06. The van der Waals surface area contributed by atoms with E-state index in [1.165, 1.54) is 12.1 Å². The monoisotopic (exact) mass is 550 g/mol. The number of rotatable bonds is 8. The van der Waals surface area contributed by atoms with Gasteiger partial charge in [0.2, 0.25) is 5.95 Å². The molecule has 7 nitrogen and oxygen atoms in total. The van der Waals surface area contributed by atoms with Crippen molar-refractivity contribution in [3.8, 4) is 11.1 Å². The van der Waals surface area contributed by atoms with Crippen LogP contribution in [0.1, 0.15) is 24.3 Å². The molecule has 0 unspecified atom stereocenters. The molecule has 2 aromatic carbocycles. The molecule has 2 N–H and O–H groups in total. The summed E-state index contributed by atoms with van der Waals surface area (Å²) in [5.41, 5.74) is 2.70. The smallest absolute Gasteiger partial charge is 0.270 e. The molecule has 0 radical (unpaired) electrons. The zero-order valence-electron chi connectivity index (χ0n) is 20.6. The average molecular weight is 551 g/mol. The number of fused-ring (bicyclic) bond motifs is 1. The number of hydrogen-bond acceptors (Lipinski definition) is 6. The summed E-state index contributed by atoms with van der Waals surface area (Å²) in [4.78, 5) is 29.1. The van der Waals surface area contributed by atoms with Crippen molar-refractivity contribution in [1.82, 2.24) is 25.2 Å². The lowest BCUT2D eigenvalue weighted by molar-refractivity contribution is 0.0925. The van der Waals surface area contributed by atoms with Gasteiger partial charge < -0.3 is 15.5 Å². The van der Waals surface area contributed by atoms with E-state index in [-0.39, 0.29) is 22.8 Å². The number of amides is 1. The fourth-order valence-corrected chi connectivity index (χ4v) is 4.56. The summed E-state index contributed by atoms with van der Waals surface area (Å²) >= 11 is 3.60. The molecule has 4 rings (SSSR count). The van der Waals surface area contributed by atoms with Gasteiger partial charge in [0, 0.05) is 40.4 Å². The quantitative estimate of drug-likeness (QED) is 0.294. The zero-order chi connectivity index (χ0) is 25.9. The van der Waals surface area contributed by atoms with Crippen molar-refractivity contribution < 1.29 is 9.18 Å². The number of nitrogens with one attached hydrogen (secondary N) is 2. The van der Waals surface area contributed by atoms with E-state index in [4.69, 9.17) is 0 Å². The number of pyridine rings is 1. The molecule has 0 bridgehead atoms. The number of benzene rings is 2. The maximum atomic E-state index is 13.4. The molecule has 1 amide bonds. The minimum absolute atomic E-state index is 0.127. The first-order valence-corrected chi connectivity index (χ1v) is 12.3. The molecule has 4 aromatic rings. The largest absolute Gasteiger partial charge is 0.350 e. The molecule has 2 heterocycles. The van der Waals surface area contributed by atoms with E-state index < -0.39 is 0 Å². The maximum Gasteiger partial charge on any atom is 0.270 e. The Morgan fingerprint density at radius 1 is 1.06 bits per heavy atom. The van der Waals surface area contributed by atoms with Crippen molar-refractivity contribution in [2.24, 2.45) is 5.41 Å². The lowest BCUT2D eigenvalue weighted by Crippen LogP contribution is -2.40. The number of hydrogen-bond donors (Lipinski definition) is 2. The molecule has 0 saturated heterocycles. The van der Waals surface area contributed by atoms with Crippen molar-refractivity contribution in [3.63, 3.8) is 0 Å². The highest BCUT2D eigenvalue weighted by molar-refractivity contribution is 9.10. The minimum Gasteiger partial charge on any atom is -0.350 e. The predicted molar refractivity (Wildman–Crippen MR) is 145 cm³/mol. The second-order valence-electron chi connectivity index (χ2n) is 9.69. The van der Waals surface area contributed by atoms with Gasteiger partial charge in [0.1, 0.15) is 11.5 Å². The molecule has 0 spiro atoms. The van der Waals surface area contributed by atoms with Crippen molar-refractivity contribution in [1.29, 1.82) is 0 Å². The highest BCUT2D eigenvalue weighted by Crippen LogP contribution is 2.32. The normalized spacial score (nSPS) is 11.6. The first kappa shape index (κ1) is 25.7. The SMILES string of the molecule is CN(C)CC(C)(C)CNC(=O)c1nc2nc(Nc3ccc(F)cc3)ncc2cc1-c1ccccc1Br. The highest BCUT2D eigenvalue weighted by atomic mass is 79.9. The minimum atomic E-state index is -0.328. The Bertz CT molecular complexity index is 1390. The first-order valence-electron chi connectivity index (χ1n) is 11.5. The Hall–Kier alpha value is -3.43. The van der Waals surface area contributed by atoms with Crippen LogP contribution in [0, 0.1) is 11.2 Å². The number of aromatic nitrogens is 3. The highest BCUT2D eigenvalue weighted by Gasteiger charge is 2.23. The standard InChI is InChI=1S/C27H28BrFN6O/c1-27(2,16-35(3)4)15-31-25(36)23-21(20-7-5-6-8-22(20)28)13-17-14-30-26(34-24(17)33-23)32-19-11-9-18(29)10-12-19/h5-14H,15-16H2,1-4H3,(H,31,36)(H,30,32,33,34). The number of anilines is 2. The van der Waals surface area contributed by atoms with Gasteiger partial charge in [-0.2, -0.15) is 4.98 Å². The van der Waals surface area contributed by atoms with Crippen LogP contribution in [0.15, 0.2) is 65.3 Å². The maximum absolute atomic E-state index is 13.4. The van der Waals surface area contributed by atoms with Crippen LogP contribution in [0.4, 0.5) is 16.0 Å². The second kappa shape index (κ2) is 10.7. The third-order valence-corrected chi connectivity index (χ3v) is 6.21. The summed E-state index contributed by atoms with van der Waals surface area (Å²) in [5, 5.41) is 6.80. The van der Waals surface area contributed by atoms with Crippen LogP contribution < -0.4 is 10.6 Å². The van der Waals surface area contributed by atoms with Gasteiger partial charge in [-0.3, -0.25) is 4.79 Å². The van der Waals surface area contributed by atoms with E-state index in [9.17, 15) is 9.18 Å². The van der Waals surface area contributed by atoms with Crippen LogP contribution in [-0.2, 0) is 0 Å². The fraction of sp³-hybridized carbons (Fsp3) is 0.259. The Labute approximate surface area is 218 Å². The molecule has 0 atom stereocenters. The first-order chi connectivity index (χ1) is 17.1. The zero-order valence-corrected chi connectivity index (χ0v) is 22.2. The van der Waals surface area contributed by atoms with Crippen LogP contribution >= 0.6 is 15.9 Å². The molecule has 0 aliphatic rings. The number of carbonyl (C=O) groups excluding carboxylic acids is 1.